The Bertz CT molecular complexity index is 591. The minimum Gasteiger partial charge on any atom is -0.491 e. The molecular formula is C16H20N2O2S. The quantitative estimate of drug-likeness (QED) is 0.883. The Morgan fingerprint density at radius 3 is 2.62 bits per heavy atom. The number of carbonyl (C=O) groups is 1. The second-order valence-electron chi connectivity index (χ2n) is 5.12. The SMILES string of the molecule is Cc1csc(CCC(=O)Nc2ccc(OC(C)C)cc2)n1. The number of ether oxygens (including phenoxy) is 1. The number of hydrogen-bond donors (Lipinski definition) is 1. The lowest BCUT2D eigenvalue weighted by atomic mass is 10.2. The van der Waals surface area contributed by atoms with Gasteiger partial charge in [-0.2, -0.15) is 0 Å². The van der Waals surface area contributed by atoms with Crippen LogP contribution in [0.1, 0.15) is 31.0 Å². The Morgan fingerprint density at radius 2 is 2.05 bits per heavy atom. The van der Waals surface area contributed by atoms with Crippen molar-refractivity contribution in [1.29, 1.82) is 0 Å². The molecule has 1 N–H and O–H groups in total. The van der Waals surface area contributed by atoms with Crippen molar-refractivity contribution in [3.63, 3.8) is 0 Å². The number of thiazole rings is 1. The molecule has 0 saturated heterocycles. The van der Waals surface area contributed by atoms with Crippen molar-refractivity contribution in [2.45, 2.75) is 39.7 Å². The number of nitrogens with zero attached hydrogens (tertiary/aromatic N) is 1. The summed E-state index contributed by atoms with van der Waals surface area (Å²) >= 11 is 1.60. The molecule has 2 aromatic rings. The first-order valence-electron chi connectivity index (χ1n) is 7.00. The average molecular weight is 304 g/mol. The minimum absolute atomic E-state index is 0.000353. The zero-order valence-corrected chi connectivity index (χ0v) is 13.4. The molecule has 2 rings (SSSR count). The second-order valence-corrected chi connectivity index (χ2v) is 6.06. The molecule has 0 radical (unpaired) electrons. The van der Waals surface area contributed by atoms with E-state index in [0.717, 1.165) is 22.1 Å². The van der Waals surface area contributed by atoms with Gasteiger partial charge in [0.2, 0.25) is 5.91 Å². The van der Waals surface area contributed by atoms with Gasteiger partial charge < -0.3 is 10.1 Å². The summed E-state index contributed by atoms with van der Waals surface area (Å²) in [6.45, 7) is 5.92. The molecule has 0 aliphatic rings. The van der Waals surface area contributed by atoms with E-state index in [0.29, 0.717) is 12.8 Å². The summed E-state index contributed by atoms with van der Waals surface area (Å²) in [4.78, 5) is 16.2. The van der Waals surface area contributed by atoms with Crippen LogP contribution < -0.4 is 10.1 Å². The first-order chi connectivity index (χ1) is 10.0. The largest absolute Gasteiger partial charge is 0.491 e. The summed E-state index contributed by atoms with van der Waals surface area (Å²) in [5, 5.41) is 5.89. The summed E-state index contributed by atoms with van der Waals surface area (Å²) in [6, 6.07) is 7.42. The number of benzene rings is 1. The zero-order chi connectivity index (χ0) is 15.2. The van der Waals surface area contributed by atoms with E-state index in [2.05, 4.69) is 10.3 Å². The van der Waals surface area contributed by atoms with Crippen LogP contribution in [0.2, 0.25) is 0 Å². The van der Waals surface area contributed by atoms with Crippen molar-refractivity contribution in [2.75, 3.05) is 5.32 Å². The third kappa shape index (κ3) is 5.19. The van der Waals surface area contributed by atoms with Crippen molar-refractivity contribution in [1.82, 2.24) is 4.98 Å². The van der Waals surface area contributed by atoms with Crippen LogP contribution in [0.4, 0.5) is 5.69 Å². The van der Waals surface area contributed by atoms with Gasteiger partial charge in [0.05, 0.1) is 11.1 Å². The van der Waals surface area contributed by atoms with E-state index < -0.39 is 0 Å². The second kappa shape index (κ2) is 7.22. The van der Waals surface area contributed by atoms with Crippen LogP contribution in [-0.2, 0) is 11.2 Å². The van der Waals surface area contributed by atoms with Crippen molar-refractivity contribution in [3.05, 3.63) is 40.3 Å². The highest BCUT2D eigenvalue weighted by Gasteiger charge is 2.06. The van der Waals surface area contributed by atoms with Gasteiger partial charge in [0, 0.05) is 29.6 Å². The average Bonchev–Trinajstić information content (AvgIpc) is 2.84. The number of amides is 1. The van der Waals surface area contributed by atoms with Crippen LogP contribution >= 0.6 is 11.3 Å². The van der Waals surface area contributed by atoms with Gasteiger partial charge in [-0.3, -0.25) is 4.79 Å². The van der Waals surface area contributed by atoms with E-state index in [-0.39, 0.29) is 12.0 Å². The highest BCUT2D eigenvalue weighted by atomic mass is 32.1. The van der Waals surface area contributed by atoms with Gasteiger partial charge in [-0.05, 0) is 45.0 Å². The summed E-state index contributed by atoms with van der Waals surface area (Å²) in [7, 11) is 0. The number of aryl methyl sites for hydroxylation is 2. The predicted molar refractivity (Wildman–Crippen MR) is 86.0 cm³/mol. The standard InChI is InChI=1S/C16H20N2O2S/c1-11(2)20-14-6-4-13(5-7-14)18-15(19)8-9-16-17-12(3)10-21-16/h4-7,10-11H,8-9H2,1-3H3,(H,18,19). The molecule has 1 aromatic heterocycles. The van der Waals surface area contributed by atoms with Crippen molar-refractivity contribution < 1.29 is 9.53 Å². The maximum absolute atomic E-state index is 11.9. The molecule has 0 unspecified atom stereocenters. The molecule has 0 bridgehead atoms. The number of carbonyl (C=O) groups excluding carboxylic acids is 1. The first kappa shape index (κ1) is 15.5. The van der Waals surface area contributed by atoms with E-state index >= 15 is 0 Å². The van der Waals surface area contributed by atoms with Crippen LogP contribution in [0.3, 0.4) is 0 Å². The summed E-state index contributed by atoms with van der Waals surface area (Å²) in [5.74, 6) is 0.807. The lowest BCUT2D eigenvalue weighted by Crippen LogP contribution is -2.12. The van der Waals surface area contributed by atoms with Gasteiger partial charge in [0.25, 0.3) is 0 Å². The van der Waals surface area contributed by atoms with E-state index in [1.807, 2.05) is 50.4 Å². The number of anilines is 1. The van der Waals surface area contributed by atoms with Crippen LogP contribution in [0.5, 0.6) is 5.75 Å². The Balaban J connectivity index is 1.82. The number of hydrogen-bond acceptors (Lipinski definition) is 4. The number of nitrogens with one attached hydrogen (secondary N) is 1. The molecule has 0 aliphatic heterocycles. The van der Waals surface area contributed by atoms with Gasteiger partial charge in [-0.1, -0.05) is 0 Å². The van der Waals surface area contributed by atoms with Crippen LogP contribution in [-0.4, -0.2) is 17.0 Å². The van der Waals surface area contributed by atoms with Gasteiger partial charge in [0.15, 0.2) is 0 Å². The van der Waals surface area contributed by atoms with Crippen molar-refractivity contribution in [3.8, 4) is 5.75 Å². The highest BCUT2D eigenvalue weighted by Crippen LogP contribution is 2.17. The molecule has 0 aliphatic carbocycles. The fourth-order valence-electron chi connectivity index (χ4n) is 1.85. The topological polar surface area (TPSA) is 51.2 Å². The molecule has 0 saturated carbocycles. The van der Waals surface area contributed by atoms with Crippen molar-refractivity contribution in [2.24, 2.45) is 0 Å². The third-order valence-corrected chi connectivity index (χ3v) is 3.77. The molecule has 0 fully saturated rings. The Labute approximate surface area is 129 Å². The number of aromatic nitrogens is 1. The Kier molecular flexibility index (Phi) is 5.33. The summed E-state index contributed by atoms with van der Waals surface area (Å²) < 4.78 is 5.56. The highest BCUT2D eigenvalue weighted by molar-refractivity contribution is 7.09. The molecule has 1 aromatic carbocycles. The van der Waals surface area contributed by atoms with Crippen LogP contribution in [0.15, 0.2) is 29.6 Å². The van der Waals surface area contributed by atoms with Crippen LogP contribution in [0.25, 0.3) is 0 Å². The Hall–Kier alpha value is -1.88. The molecule has 0 atom stereocenters. The smallest absolute Gasteiger partial charge is 0.224 e. The molecule has 1 heterocycles. The summed E-state index contributed by atoms with van der Waals surface area (Å²) in [5.41, 5.74) is 1.79. The van der Waals surface area contributed by atoms with Gasteiger partial charge in [0.1, 0.15) is 5.75 Å². The molecule has 0 spiro atoms. The maximum Gasteiger partial charge on any atom is 0.224 e. The molecular weight excluding hydrogens is 284 g/mol. The van der Waals surface area contributed by atoms with Gasteiger partial charge in [-0.15, -0.1) is 11.3 Å². The molecule has 5 heteroatoms. The first-order valence-corrected chi connectivity index (χ1v) is 7.88. The lowest BCUT2D eigenvalue weighted by molar-refractivity contribution is -0.116. The van der Waals surface area contributed by atoms with E-state index in [9.17, 15) is 4.79 Å². The molecule has 1 amide bonds. The summed E-state index contributed by atoms with van der Waals surface area (Å²) in [6.07, 6.45) is 1.27. The molecule has 112 valence electrons. The van der Waals surface area contributed by atoms with E-state index in [1.54, 1.807) is 11.3 Å². The minimum atomic E-state index is 0.000353. The number of rotatable bonds is 6. The fourth-order valence-corrected chi connectivity index (χ4v) is 2.63. The fraction of sp³-hybridized carbons (Fsp3) is 0.375. The van der Waals surface area contributed by atoms with Crippen LogP contribution in [0, 0.1) is 6.92 Å². The predicted octanol–water partition coefficient (Wildman–Crippen LogP) is 3.81. The van der Waals surface area contributed by atoms with Gasteiger partial charge in [-0.25, -0.2) is 4.98 Å². The zero-order valence-electron chi connectivity index (χ0n) is 12.6. The monoisotopic (exact) mass is 304 g/mol. The van der Waals surface area contributed by atoms with E-state index in [1.165, 1.54) is 0 Å². The normalized spacial score (nSPS) is 10.7. The Morgan fingerprint density at radius 1 is 1.33 bits per heavy atom. The van der Waals surface area contributed by atoms with Crippen molar-refractivity contribution >= 4 is 22.9 Å². The third-order valence-electron chi connectivity index (χ3n) is 2.74. The molecule has 4 nitrogen and oxygen atoms in total. The molecule has 21 heavy (non-hydrogen) atoms. The van der Waals surface area contributed by atoms with E-state index in [4.69, 9.17) is 4.74 Å². The van der Waals surface area contributed by atoms with Gasteiger partial charge >= 0.3 is 0 Å². The lowest BCUT2D eigenvalue weighted by Gasteiger charge is -2.10. The maximum atomic E-state index is 11.9.